The molecule has 224 valence electrons. The molecule has 1 aromatic heterocycles. The minimum atomic E-state index is 0. The number of carbonyl (C=O) groups excluding carboxylic acids is 1. The molecule has 0 fully saturated rings. The Morgan fingerprint density at radius 1 is 0.590 bits per heavy atom. The van der Waals surface area contributed by atoms with E-state index in [1.54, 1.807) is 0 Å². The molecule has 0 spiro atoms. The van der Waals surface area contributed by atoms with Gasteiger partial charge in [-0.2, -0.15) is 0 Å². The van der Waals surface area contributed by atoms with Crippen molar-refractivity contribution in [2.45, 2.75) is 32.1 Å². The second-order valence-corrected chi connectivity index (χ2v) is 9.10. The molecule has 0 aliphatic carbocycles. The van der Waals surface area contributed by atoms with Gasteiger partial charge >= 0.3 is 5.91 Å². The minimum Gasteiger partial charge on any atom is -1.00 e. The van der Waals surface area contributed by atoms with Crippen LogP contribution in [0.5, 0.6) is 0 Å². The average Bonchev–Trinajstić information content (AvgIpc) is 2.86. The fraction of sp³-hybridized carbons (Fsp3) is 0.481. The van der Waals surface area contributed by atoms with Crippen LogP contribution in [0, 0.1) is 0 Å². The summed E-state index contributed by atoms with van der Waals surface area (Å²) in [7, 11) is 0. The Kier molecular flexibility index (Phi) is 28.3. The number of benzene rings is 2. The van der Waals surface area contributed by atoms with E-state index in [0.29, 0.717) is 0 Å². The summed E-state index contributed by atoms with van der Waals surface area (Å²) in [4.78, 5) is 17.8. The number of fused-ring (bicyclic) bond motifs is 2. The molecule has 12 heteroatoms. The fourth-order valence-corrected chi connectivity index (χ4v) is 4.41. The maximum absolute atomic E-state index is 13.1. The summed E-state index contributed by atoms with van der Waals surface area (Å²) in [6.07, 6.45) is 6.14. The molecule has 11 N–H and O–H groups in total. The molecular formula is C27H45Cl5N6O. The van der Waals surface area contributed by atoms with Gasteiger partial charge in [0.15, 0.2) is 0 Å². The molecule has 1 heterocycles. The van der Waals surface area contributed by atoms with Gasteiger partial charge in [-0.05, 0) is 12.1 Å². The molecule has 3 rings (SSSR count). The lowest BCUT2D eigenvalue weighted by Crippen LogP contribution is -3.00. The molecule has 39 heavy (non-hydrogen) atoms. The summed E-state index contributed by atoms with van der Waals surface area (Å²) in [6.45, 7) is 9.07. The highest BCUT2D eigenvalue weighted by atomic mass is 35.5. The Morgan fingerprint density at radius 3 is 1.49 bits per heavy atom. The Hall–Kier alpha value is -0.970. The third kappa shape index (κ3) is 15.0. The lowest BCUT2D eigenvalue weighted by atomic mass is 10.0. The molecule has 0 radical (unpaired) electrons. The molecule has 3 aromatic rings. The van der Waals surface area contributed by atoms with Gasteiger partial charge in [0.05, 0.1) is 69.0 Å². The molecule has 2 aromatic carbocycles. The van der Waals surface area contributed by atoms with E-state index in [4.69, 9.17) is 4.98 Å². The molecule has 0 atom stereocenters. The van der Waals surface area contributed by atoms with E-state index in [-0.39, 0.29) is 67.9 Å². The maximum Gasteiger partial charge on any atom is 0.344 e. The molecule has 1 amide bonds. The molecular weight excluding hydrogens is 602 g/mol. The summed E-state index contributed by atoms with van der Waals surface area (Å²) in [5.41, 5.74) is 6.43. The van der Waals surface area contributed by atoms with Crippen LogP contribution in [-0.4, -0.2) is 63.2 Å². The summed E-state index contributed by atoms with van der Waals surface area (Å²) < 4.78 is 0. The lowest BCUT2D eigenvalue weighted by Gasteiger charge is -2.08. The van der Waals surface area contributed by atoms with Crippen molar-refractivity contribution in [3.05, 3.63) is 54.1 Å². The molecule has 0 saturated carbocycles. The van der Waals surface area contributed by atoms with Crippen molar-refractivity contribution in [3.63, 3.8) is 0 Å². The number of pyridine rings is 1. The van der Waals surface area contributed by atoms with Crippen LogP contribution in [0.3, 0.4) is 0 Å². The van der Waals surface area contributed by atoms with Crippen LogP contribution < -0.4 is 89.0 Å². The van der Waals surface area contributed by atoms with Crippen LogP contribution in [0.4, 0.5) is 0 Å². The van der Waals surface area contributed by atoms with Crippen molar-refractivity contribution in [1.29, 1.82) is 0 Å². The Labute approximate surface area is 264 Å². The fourth-order valence-electron chi connectivity index (χ4n) is 4.41. The van der Waals surface area contributed by atoms with Crippen molar-refractivity contribution in [3.8, 4) is 0 Å². The number of hydrogen-bond acceptors (Lipinski definition) is 2. The van der Waals surface area contributed by atoms with E-state index in [9.17, 15) is 4.79 Å². The number of amides is 1. The van der Waals surface area contributed by atoms with E-state index < -0.39 is 0 Å². The predicted molar refractivity (Wildman–Crippen MR) is 136 cm³/mol. The Bertz CT molecular complexity index is 976. The van der Waals surface area contributed by atoms with Crippen LogP contribution in [0.25, 0.3) is 21.8 Å². The van der Waals surface area contributed by atoms with Crippen LogP contribution in [0.2, 0.25) is 0 Å². The van der Waals surface area contributed by atoms with Gasteiger partial charge in [0.2, 0.25) is 0 Å². The van der Waals surface area contributed by atoms with Gasteiger partial charge < -0.3 is 83.7 Å². The summed E-state index contributed by atoms with van der Waals surface area (Å²) >= 11 is 0. The first kappa shape index (κ1) is 42.5. The van der Waals surface area contributed by atoms with Gasteiger partial charge in [-0.15, -0.1) is 0 Å². The largest absolute Gasteiger partial charge is 1.00 e. The van der Waals surface area contributed by atoms with Crippen LogP contribution in [0.1, 0.15) is 42.5 Å². The Morgan fingerprint density at radius 2 is 1.00 bits per heavy atom. The summed E-state index contributed by atoms with van der Waals surface area (Å²) in [5.74, 6) is 0.115. The monoisotopic (exact) mass is 644 g/mol. The van der Waals surface area contributed by atoms with E-state index in [0.717, 1.165) is 53.4 Å². The molecule has 0 saturated heterocycles. The highest BCUT2D eigenvalue weighted by Crippen LogP contribution is 2.25. The maximum atomic E-state index is 13.1. The number of nitrogens with zero attached hydrogens (tertiary/aromatic N) is 1. The van der Waals surface area contributed by atoms with Gasteiger partial charge in [0, 0.05) is 42.9 Å². The van der Waals surface area contributed by atoms with Crippen molar-refractivity contribution >= 4 is 27.7 Å². The van der Waals surface area contributed by atoms with E-state index in [1.807, 2.05) is 53.8 Å². The molecule has 0 bridgehead atoms. The van der Waals surface area contributed by atoms with Crippen LogP contribution in [-0.2, 0) is 0 Å². The number of unbranched alkanes of at least 4 members (excludes halogenated alkanes) is 1. The van der Waals surface area contributed by atoms with Gasteiger partial charge in [-0.1, -0.05) is 36.4 Å². The predicted octanol–water partition coefficient (Wildman–Crippen LogP) is -17.0. The normalized spacial score (nSPS) is 9.97. The van der Waals surface area contributed by atoms with E-state index in [1.165, 1.54) is 58.4 Å². The minimum absolute atomic E-state index is 0. The van der Waals surface area contributed by atoms with Gasteiger partial charge in [0.25, 0.3) is 0 Å². The van der Waals surface area contributed by atoms with Gasteiger partial charge in [-0.3, -0.25) is 5.32 Å². The van der Waals surface area contributed by atoms with Crippen LogP contribution in [0.15, 0.2) is 48.5 Å². The highest BCUT2D eigenvalue weighted by molar-refractivity contribution is 6.13. The van der Waals surface area contributed by atoms with Crippen molar-refractivity contribution in [1.82, 2.24) is 4.98 Å². The number of primary amides is 1. The van der Waals surface area contributed by atoms with E-state index in [2.05, 4.69) is 21.7 Å². The van der Waals surface area contributed by atoms with Crippen LogP contribution >= 0.6 is 0 Å². The average molecular weight is 647 g/mol. The SMILES string of the molecule is [Cl-].[Cl-].[Cl-].[Cl-].[Cl-].[NH3+]CCC[NH2+]CCCC[NH2+]CCC[NH2+]CCC[NH2+]C(=O)c1c2ccccc2nc2ccccc12. The number of rotatable bonds is 17. The molecule has 7 nitrogen and oxygen atoms in total. The number of halogens is 5. The second kappa shape index (κ2) is 26.0. The number of para-hydroxylation sites is 2. The number of quaternary nitrogens is 5. The lowest BCUT2D eigenvalue weighted by molar-refractivity contribution is -0.684. The zero-order chi connectivity index (χ0) is 23.8. The topological polar surface area (TPSA) is 124 Å². The number of aromatic nitrogens is 1. The van der Waals surface area contributed by atoms with Gasteiger partial charge in [-0.25, -0.2) is 9.78 Å². The summed E-state index contributed by atoms with van der Waals surface area (Å²) in [5, 5.41) is 11.0. The Balaban J connectivity index is -0.00000259. The first-order valence-electron chi connectivity index (χ1n) is 13.2. The zero-order valence-corrected chi connectivity index (χ0v) is 26.4. The first-order valence-corrected chi connectivity index (χ1v) is 13.2. The molecule has 0 unspecified atom stereocenters. The number of nitrogens with two attached hydrogens (primary N) is 4. The van der Waals surface area contributed by atoms with Crippen molar-refractivity contribution in [2.75, 3.05) is 52.4 Å². The molecule has 0 aliphatic rings. The standard InChI is InChI=1S/C27H40N6O.5ClH/c28-14-7-17-29-15-5-6-16-30-18-8-19-31-20-9-21-32-27(34)26-22-10-1-3-12-24(22)33-25-13-4-2-11-23(25)26;;;;;/h1-4,10-13,29-31H,5-9,14-21,28H2,(H,32,34);5*1H. The highest BCUT2D eigenvalue weighted by Gasteiger charge is 2.18. The second-order valence-electron chi connectivity index (χ2n) is 9.10. The smallest absolute Gasteiger partial charge is 0.344 e. The number of hydrogen-bond donors (Lipinski definition) is 5. The number of carbonyl (C=O) groups is 1. The van der Waals surface area contributed by atoms with Gasteiger partial charge in [0.1, 0.15) is 0 Å². The van der Waals surface area contributed by atoms with Crippen molar-refractivity contribution in [2.24, 2.45) is 0 Å². The summed E-state index contributed by atoms with van der Waals surface area (Å²) in [6, 6.07) is 15.9. The van der Waals surface area contributed by atoms with Crippen molar-refractivity contribution < 1.29 is 93.8 Å². The third-order valence-corrected chi connectivity index (χ3v) is 6.32. The third-order valence-electron chi connectivity index (χ3n) is 6.32. The zero-order valence-electron chi connectivity index (χ0n) is 22.6. The van der Waals surface area contributed by atoms with E-state index >= 15 is 0 Å². The quantitative estimate of drug-likeness (QED) is 0.0739. The first-order chi connectivity index (χ1) is 16.8. The molecule has 0 aliphatic heterocycles.